The molecule has 0 saturated heterocycles. The predicted octanol–water partition coefficient (Wildman–Crippen LogP) is 3.44. The number of alkyl carbamates (subject to hydrolysis) is 1. The number of hydrogen-bond acceptors (Lipinski definition) is 4. The first-order valence-corrected chi connectivity index (χ1v) is 8.63. The molecule has 1 amide bonds. The molecule has 0 aliphatic heterocycles. The number of nitrogens with one attached hydrogen (secondary N) is 1. The number of benzene rings is 2. The third kappa shape index (κ3) is 5.76. The normalized spacial score (nSPS) is 13.1. The molecule has 0 saturated carbocycles. The van der Waals surface area contributed by atoms with Gasteiger partial charge < -0.3 is 20.3 Å². The minimum Gasteiger partial charge on any atom is -0.445 e. The van der Waals surface area contributed by atoms with E-state index >= 15 is 0 Å². The van der Waals surface area contributed by atoms with Crippen molar-refractivity contribution in [2.45, 2.75) is 25.2 Å². The molecule has 2 rings (SSSR count). The van der Waals surface area contributed by atoms with Crippen LogP contribution in [0.5, 0.6) is 0 Å². The quantitative estimate of drug-likeness (QED) is 0.589. The average molecular weight is 430 g/mol. The van der Waals surface area contributed by atoms with E-state index in [4.69, 9.17) is 4.74 Å². The van der Waals surface area contributed by atoms with E-state index in [0.29, 0.717) is 0 Å². The van der Waals surface area contributed by atoms with E-state index in [-0.39, 0.29) is 29.6 Å². The number of halogens is 3. The van der Waals surface area contributed by atoms with Crippen LogP contribution in [0.2, 0.25) is 0 Å². The van der Waals surface area contributed by atoms with E-state index in [2.05, 4.69) is 21.2 Å². The van der Waals surface area contributed by atoms with Gasteiger partial charge in [-0.25, -0.2) is 13.6 Å². The predicted molar refractivity (Wildman–Crippen MR) is 94.3 cm³/mol. The van der Waals surface area contributed by atoms with Crippen LogP contribution in [0, 0.1) is 11.6 Å². The zero-order valence-corrected chi connectivity index (χ0v) is 15.2. The Morgan fingerprint density at radius 1 is 1.15 bits per heavy atom. The molecule has 0 fully saturated rings. The number of aliphatic hydroxyl groups is 2. The van der Waals surface area contributed by atoms with Gasteiger partial charge in [-0.2, -0.15) is 0 Å². The van der Waals surface area contributed by atoms with Gasteiger partial charge in [0.15, 0.2) is 0 Å². The SMILES string of the molecule is O=C(NCCC(O)C(O)c1cc(F)c(Br)c(F)c1)OCc1ccccc1. The van der Waals surface area contributed by atoms with Crippen LogP contribution in [0.1, 0.15) is 23.7 Å². The summed E-state index contributed by atoms with van der Waals surface area (Å²) in [5.41, 5.74) is 0.736. The summed E-state index contributed by atoms with van der Waals surface area (Å²) in [5, 5.41) is 22.4. The molecule has 0 radical (unpaired) electrons. The van der Waals surface area contributed by atoms with Crippen LogP contribution in [-0.2, 0) is 11.3 Å². The maximum Gasteiger partial charge on any atom is 0.407 e. The summed E-state index contributed by atoms with van der Waals surface area (Å²) in [6.45, 7) is 0.128. The molecule has 140 valence electrons. The van der Waals surface area contributed by atoms with Crippen molar-refractivity contribution in [1.29, 1.82) is 0 Å². The van der Waals surface area contributed by atoms with Gasteiger partial charge in [-0.15, -0.1) is 0 Å². The minimum absolute atomic E-state index is 0.0212. The highest BCUT2D eigenvalue weighted by molar-refractivity contribution is 9.10. The van der Waals surface area contributed by atoms with Gasteiger partial charge in [-0.1, -0.05) is 30.3 Å². The van der Waals surface area contributed by atoms with Gasteiger partial charge in [0, 0.05) is 6.54 Å². The molecule has 0 aliphatic rings. The van der Waals surface area contributed by atoms with Gasteiger partial charge in [0.2, 0.25) is 0 Å². The van der Waals surface area contributed by atoms with E-state index in [1.54, 1.807) is 0 Å². The molecule has 0 spiro atoms. The van der Waals surface area contributed by atoms with Crippen LogP contribution in [0.15, 0.2) is 46.9 Å². The third-order valence-electron chi connectivity index (χ3n) is 3.63. The largest absolute Gasteiger partial charge is 0.445 e. The fourth-order valence-corrected chi connectivity index (χ4v) is 2.45. The average Bonchev–Trinajstić information content (AvgIpc) is 2.64. The number of ether oxygens (including phenoxy) is 1. The molecule has 26 heavy (non-hydrogen) atoms. The van der Waals surface area contributed by atoms with Crippen molar-refractivity contribution in [3.05, 3.63) is 69.7 Å². The molecule has 2 aromatic carbocycles. The molecule has 2 aromatic rings. The van der Waals surface area contributed by atoms with Crippen LogP contribution < -0.4 is 5.32 Å². The Labute approximate surface area is 157 Å². The highest BCUT2D eigenvalue weighted by atomic mass is 79.9. The third-order valence-corrected chi connectivity index (χ3v) is 4.39. The Morgan fingerprint density at radius 3 is 2.38 bits per heavy atom. The summed E-state index contributed by atoms with van der Waals surface area (Å²) in [4.78, 5) is 11.6. The molecule has 5 nitrogen and oxygen atoms in total. The van der Waals surface area contributed by atoms with Gasteiger partial charge in [-0.3, -0.25) is 0 Å². The summed E-state index contributed by atoms with van der Waals surface area (Å²) < 4.78 is 31.6. The smallest absolute Gasteiger partial charge is 0.407 e. The van der Waals surface area contributed by atoms with E-state index in [9.17, 15) is 23.8 Å². The Hall–Kier alpha value is -2.03. The molecular formula is C18H18BrF2NO4. The number of carbonyl (C=O) groups is 1. The first-order chi connectivity index (χ1) is 12.4. The van der Waals surface area contributed by atoms with Crippen molar-refractivity contribution < 1.29 is 28.5 Å². The zero-order chi connectivity index (χ0) is 19.1. The van der Waals surface area contributed by atoms with Gasteiger partial charge >= 0.3 is 6.09 Å². The van der Waals surface area contributed by atoms with Crippen LogP contribution in [0.4, 0.5) is 13.6 Å². The second-order valence-corrected chi connectivity index (χ2v) is 6.38. The van der Waals surface area contributed by atoms with Gasteiger partial charge in [0.1, 0.15) is 24.3 Å². The Morgan fingerprint density at radius 2 is 1.77 bits per heavy atom. The minimum atomic E-state index is -1.49. The maximum absolute atomic E-state index is 13.5. The van der Waals surface area contributed by atoms with E-state index in [1.165, 1.54) is 0 Å². The number of rotatable bonds is 7. The molecule has 8 heteroatoms. The van der Waals surface area contributed by atoms with Crippen LogP contribution in [0.3, 0.4) is 0 Å². The van der Waals surface area contributed by atoms with Gasteiger partial charge in [0.05, 0.1) is 10.6 Å². The topological polar surface area (TPSA) is 78.8 Å². The number of amides is 1. The summed E-state index contributed by atoms with van der Waals surface area (Å²) >= 11 is 2.73. The van der Waals surface area contributed by atoms with Crippen molar-refractivity contribution in [3.8, 4) is 0 Å². The molecule has 0 bridgehead atoms. The van der Waals surface area contributed by atoms with Crippen molar-refractivity contribution in [3.63, 3.8) is 0 Å². The lowest BCUT2D eigenvalue weighted by Gasteiger charge is -2.19. The first-order valence-electron chi connectivity index (χ1n) is 7.83. The fourth-order valence-electron chi connectivity index (χ4n) is 2.22. The molecule has 2 unspecified atom stereocenters. The molecule has 2 atom stereocenters. The number of carbonyl (C=O) groups excluding carboxylic acids is 1. The highest BCUT2D eigenvalue weighted by Gasteiger charge is 2.21. The first kappa shape index (κ1) is 20.3. The van der Waals surface area contributed by atoms with Crippen LogP contribution >= 0.6 is 15.9 Å². The molecular weight excluding hydrogens is 412 g/mol. The molecule has 0 aromatic heterocycles. The van der Waals surface area contributed by atoms with E-state index in [1.807, 2.05) is 30.3 Å². The van der Waals surface area contributed by atoms with Gasteiger partial charge in [0.25, 0.3) is 0 Å². The van der Waals surface area contributed by atoms with Crippen molar-refractivity contribution in [2.75, 3.05) is 6.54 Å². The maximum atomic E-state index is 13.5. The van der Waals surface area contributed by atoms with E-state index in [0.717, 1.165) is 17.7 Å². The second kappa shape index (κ2) is 9.61. The molecule has 0 heterocycles. The van der Waals surface area contributed by atoms with E-state index < -0.39 is 29.9 Å². The van der Waals surface area contributed by atoms with Crippen molar-refractivity contribution in [1.82, 2.24) is 5.32 Å². The lowest BCUT2D eigenvalue weighted by molar-refractivity contribution is 0.0133. The lowest BCUT2D eigenvalue weighted by Crippen LogP contribution is -2.29. The summed E-state index contributed by atoms with van der Waals surface area (Å²) in [6.07, 6.45) is -3.50. The molecule has 3 N–H and O–H groups in total. The summed E-state index contributed by atoms with van der Waals surface area (Å²) in [5.74, 6) is -1.76. The van der Waals surface area contributed by atoms with Crippen molar-refractivity contribution >= 4 is 22.0 Å². The second-order valence-electron chi connectivity index (χ2n) is 5.59. The van der Waals surface area contributed by atoms with Crippen LogP contribution in [0.25, 0.3) is 0 Å². The number of hydrogen-bond donors (Lipinski definition) is 3. The highest BCUT2D eigenvalue weighted by Crippen LogP contribution is 2.26. The van der Waals surface area contributed by atoms with Gasteiger partial charge in [-0.05, 0) is 45.6 Å². The lowest BCUT2D eigenvalue weighted by atomic mass is 10.0. The monoisotopic (exact) mass is 429 g/mol. The number of aliphatic hydroxyl groups excluding tert-OH is 2. The Bertz CT molecular complexity index is 722. The fraction of sp³-hybridized carbons (Fsp3) is 0.278. The van der Waals surface area contributed by atoms with Crippen molar-refractivity contribution in [2.24, 2.45) is 0 Å². The Kier molecular flexibility index (Phi) is 7.50. The molecule has 0 aliphatic carbocycles. The summed E-state index contributed by atoms with van der Waals surface area (Å²) in [7, 11) is 0. The standard InChI is InChI=1S/C18H18BrF2NO4/c19-16-13(20)8-12(9-14(16)21)17(24)15(23)6-7-22-18(25)26-10-11-4-2-1-3-5-11/h1-5,8-9,15,17,23-24H,6-7,10H2,(H,22,25). The Balaban J connectivity index is 1.77. The zero-order valence-electron chi connectivity index (χ0n) is 13.7. The summed E-state index contributed by atoms with van der Waals surface area (Å²) in [6, 6.07) is 11.0. The van der Waals surface area contributed by atoms with Crippen LogP contribution in [-0.4, -0.2) is 29.0 Å².